The van der Waals surface area contributed by atoms with E-state index in [2.05, 4.69) is 56.8 Å². The van der Waals surface area contributed by atoms with E-state index in [-0.39, 0.29) is 5.41 Å². The fourth-order valence-electron chi connectivity index (χ4n) is 5.85. The van der Waals surface area contributed by atoms with E-state index >= 15 is 0 Å². The molecular formula is C27H38N6S. The van der Waals surface area contributed by atoms with Crippen LogP contribution in [0.1, 0.15) is 69.8 Å². The number of aromatic nitrogens is 2. The van der Waals surface area contributed by atoms with Gasteiger partial charge in [0.1, 0.15) is 11.6 Å². The van der Waals surface area contributed by atoms with Gasteiger partial charge in [0, 0.05) is 44.2 Å². The largest absolute Gasteiger partial charge is 0.361 e. The summed E-state index contributed by atoms with van der Waals surface area (Å²) in [4.78, 5) is 14.6. The van der Waals surface area contributed by atoms with Crippen LogP contribution in [-0.2, 0) is 5.41 Å². The number of anilines is 3. The molecular weight excluding hydrogens is 440 g/mol. The third kappa shape index (κ3) is 5.45. The van der Waals surface area contributed by atoms with E-state index in [1.807, 2.05) is 0 Å². The number of hydrogen-bond acceptors (Lipinski definition) is 5. The highest BCUT2D eigenvalue weighted by molar-refractivity contribution is 7.80. The lowest BCUT2D eigenvalue weighted by atomic mass is 9.79. The van der Waals surface area contributed by atoms with Crippen LogP contribution in [-0.4, -0.2) is 47.8 Å². The van der Waals surface area contributed by atoms with Crippen molar-refractivity contribution in [1.82, 2.24) is 15.3 Å². The zero-order valence-corrected chi connectivity index (χ0v) is 21.1. The Labute approximate surface area is 209 Å². The maximum Gasteiger partial charge on any atom is 0.232 e. The number of benzene rings is 1. The predicted octanol–water partition coefficient (Wildman–Crippen LogP) is 5.26. The number of nitrogens with zero attached hydrogens (tertiary/aromatic N) is 4. The molecule has 7 heteroatoms. The molecule has 1 aromatic heterocycles. The smallest absolute Gasteiger partial charge is 0.232 e. The van der Waals surface area contributed by atoms with Gasteiger partial charge in [0.25, 0.3) is 0 Å². The summed E-state index contributed by atoms with van der Waals surface area (Å²) >= 11 is 5.74. The van der Waals surface area contributed by atoms with Gasteiger partial charge in [0.15, 0.2) is 5.11 Å². The molecule has 3 heterocycles. The molecule has 1 saturated carbocycles. The molecule has 1 aliphatic carbocycles. The molecule has 1 aromatic carbocycles. The highest BCUT2D eigenvalue weighted by Gasteiger charge is 2.35. The van der Waals surface area contributed by atoms with Crippen molar-refractivity contribution in [2.45, 2.75) is 69.6 Å². The molecule has 0 amide bonds. The van der Waals surface area contributed by atoms with Gasteiger partial charge in [-0.3, -0.25) is 0 Å². The van der Waals surface area contributed by atoms with Gasteiger partial charge in [0.2, 0.25) is 5.95 Å². The molecule has 0 radical (unpaired) electrons. The van der Waals surface area contributed by atoms with Gasteiger partial charge in [-0.2, -0.15) is 9.97 Å². The molecule has 2 aliphatic heterocycles. The quantitative estimate of drug-likeness (QED) is 0.550. The lowest BCUT2D eigenvalue weighted by Gasteiger charge is -2.30. The fraction of sp³-hybridized carbons (Fsp3) is 0.593. The molecule has 3 aliphatic rings. The zero-order chi connectivity index (χ0) is 23.2. The minimum absolute atomic E-state index is 0.155. The van der Waals surface area contributed by atoms with Crippen molar-refractivity contribution in [1.29, 1.82) is 0 Å². The first-order chi connectivity index (χ1) is 16.7. The standard InChI is InChI=1S/C27H38N6S/c34-26(28-21-27(14-6-7-15-27)22-12-4-3-5-13-22)31-25-29-23(32-16-8-1-2-9-17-32)20-24(30-25)33-18-10-11-19-33/h3-5,12-13,20H,1-2,6-11,14-19,21H2,(H2,28,29,30,31,34). The van der Waals surface area contributed by atoms with Crippen molar-refractivity contribution in [2.75, 3.05) is 47.8 Å². The van der Waals surface area contributed by atoms with E-state index in [1.165, 1.54) is 69.8 Å². The molecule has 5 rings (SSSR count). The monoisotopic (exact) mass is 478 g/mol. The Morgan fingerprint density at radius 1 is 0.794 bits per heavy atom. The van der Waals surface area contributed by atoms with Gasteiger partial charge in [-0.25, -0.2) is 0 Å². The second-order valence-electron chi connectivity index (χ2n) is 10.2. The lowest BCUT2D eigenvalue weighted by Crippen LogP contribution is -2.41. The van der Waals surface area contributed by atoms with Gasteiger partial charge in [0.05, 0.1) is 0 Å². The van der Waals surface area contributed by atoms with E-state index in [0.717, 1.165) is 44.4 Å². The average Bonchev–Trinajstić information content (AvgIpc) is 3.51. The maximum atomic E-state index is 5.74. The third-order valence-electron chi connectivity index (χ3n) is 7.82. The topological polar surface area (TPSA) is 56.3 Å². The highest BCUT2D eigenvalue weighted by Crippen LogP contribution is 2.40. The number of rotatable bonds is 6. The van der Waals surface area contributed by atoms with Crippen LogP contribution in [0.15, 0.2) is 36.4 Å². The Morgan fingerprint density at radius 2 is 1.35 bits per heavy atom. The van der Waals surface area contributed by atoms with E-state index in [4.69, 9.17) is 22.2 Å². The van der Waals surface area contributed by atoms with Crippen LogP contribution in [0.4, 0.5) is 17.6 Å². The molecule has 0 spiro atoms. The van der Waals surface area contributed by atoms with Gasteiger partial charge in [-0.15, -0.1) is 0 Å². The highest BCUT2D eigenvalue weighted by atomic mass is 32.1. The average molecular weight is 479 g/mol. The lowest BCUT2D eigenvalue weighted by molar-refractivity contribution is 0.435. The summed E-state index contributed by atoms with van der Waals surface area (Å²) in [5.41, 5.74) is 1.57. The van der Waals surface area contributed by atoms with Crippen molar-refractivity contribution in [2.24, 2.45) is 0 Å². The zero-order valence-electron chi connectivity index (χ0n) is 20.3. The Morgan fingerprint density at radius 3 is 1.94 bits per heavy atom. The van der Waals surface area contributed by atoms with Crippen LogP contribution < -0.4 is 20.4 Å². The maximum absolute atomic E-state index is 5.74. The summed E-state index contributed by atoms with van der Waals surface area (Å²) in [6, 6.07) is 13.1. The second-order valence-corrected chi connectivity index (χ2v) is 10.6. The van der Waals surface area contributed by atoms with Crippen LogP contribution >= 0.6 is 12.2 Å². The van der Waals surface area contributed by atoms with E-state index in [1.54, 1.807) is 0 Å². The van der Waals surface area contributed by atoms with Crippen molar-refractivity contribution < 1.29 is 0 Å². The van der Waals surface area contributed by atoms with Crippen LogP contribution in [0.5, 0.6) is 0 Å². The van der Waals surface area contributed by atoms with Crippen molar-refractivity contribution >= 4 is 34.9 Å². The normalized spacial score (nSPS) is 20.2. The summed E-state index contributed by atoms with van der Waals surface area (Å²) in [5.74, 6) is 2.66. The predicted molar refractivity (Wildman–Crippen MR) is 145 cm³/mol. The van der Waals surface area contributed by atoms with Crippen LogP contribution in [0.25, 0.3) is 0 Å². The van der Waals surface area contributed by atoms with E-state index < -0.39 is 0 Å². The number of nitrogens with one attached hydrogen (secondary N) is 2. The van der Waals surface area contributed by atoms with Gasteiger partial charge >= 0.3 is 0 Å². The van der Waals surface area contributed by atoms with Gasteiger partial charge in [-0.05, 0) is 56.3 Å². The SMILES string of the molecule is S=C(NCC1(c2ccccc2)CCCC1)Nc1nc(N2CCCCCC2)cc(N2CCCC2)n1. The fourth-order valence-corrected chi connectivity index (χ4v) is 6.02. The van der Waals surface area contributed by atoms with Crippen molar-refractivity contribution in [3.8, 4) is 0 Å². The molecule has 0 unspecified atom stereocenters. The first-order valence-electron chi connectivity index (χ1n) is 13.2. The van der Waals surface area contributed by atoms with Crippen LogP contribution in [0.3, 0.4) is 0 Å². The Bertz CT molecular complexity index is 945. The van der Waals surface area contributed by atoms with Crippen LogP contribution in [0.2, 0.25) is 0 Å². The summed E-state index contributed by atoms with van der Waals surface area (Å²) < 4.78 is 0. The van der Waals surface area contributed by atoms with Gasteiger partial charge < -0.3 is 20.4 Å². The molecule has 0 bridgehead atoms. The molecule has 6 nitrogen and oxygen atoms in total. The Kier molecular flexibility index (Phi) is 7.48. The molecule has 2 aromatic rings. The second kappa shape index (κ2) is 10.9. The summed E-state index contributed by atoms with van der Waals surface area (Å²) in [5, 5.41) is 7.48. The Balaban J connectivity index is 1.31. The molecule has 2 N–H and O–H groups in total. The van der Waals surface area contributed by atoms with Crippen molar-refractivity contribution in [3.63, 3.8) is 0 Å². The molecule has 0 atom stereocenters. The van der Waals surface area contributed by atoms with Crippen LogP contribution in [0, 0.1) is 0 Å². The first kappa shape index (κ1) is 23.3. The number of thiocarbonyl (C=S) groups is 1. The molecule has 34 heavy (non-hydrogen) atoms. The minimum atomic E-state index is 0.155. The van der Waals surface area contributed by atoms with E-state index in [0.29, 0.717) is 11.1 Å². The molecule has 182 valence electrons. The van der Waals surface area contributed by atoms with Crippen molar-refractivity contribution in [3.05, 3.63) is 42.0 Å². The summed E-state index contributed by atoms with van der Waals surface area (Å²) in [6.45, 7) is 5.11. The first-order valence-corrected chi connectivity index (χ1v) is 13.6. The van der Waals surface area contributed by atoms with E-state index in [9.17, 15) is 0 Å². The number of hydrogen-bond donors (Lipinski definition) is 2. The molecule has 3 fully saturated rings. The Hall–Kier alpha value is -2.41. The molecule has 2 saturated heterocycles. The summed E-state index contributed by atoms with van der Waals surface area (Å²) in [6.07, 6.45) is 12.5. The van der Waals surface area contributed by atoms with Gasteiger partial charge in [-0.1, -0.05) is 56.0 Å². The third-order valence-corrected chi connectivity index (χ3v) is 8.07. The minimum Gasteiger partial charge on any atom is -0.361 e. The summed E-state index contributed by atoms with van der Waals surface area (Å²) in [7, 11) is 0.